The van der Waals surface area contributed by atoms with Gasteiger partial charge in [0, 0.05) is 30.8 Å². The van der Waals surface area contributed by atoms with E-state index in [0.717, 1.165) is 17.5 Å². The molecule has 1 aromatic heterocycles. The quantitative estimate of drug-likeness (QED) is 0.468. The Morgan fingerprint density at radius 3 is 2.66 bits per heavy atom. The summed E-state index contributed by atoms with van der Waals surface area (Å²) in [6.07, 6.45) is 1.14. The molecule has 4 rings (SSSR count). The number of amides is 2. The summed E-state index contributed by atoms with van der Waals surface area (Å²) in [5.41, 5.74) is 4.23. The molecule has 7 heteroatoms. The molecule has 0 saturated heterocycles. The van der Waals surface area contributed by atoms with Crippen molar-refractivity contribution in [2.24, 2.45) is 0 Å². The molecule has 0 spiro atoms. The molecule has 4 nitrogen and oxygen atoms in total. The van der Waals surface area contributed by atoms with Crippen LogP contribution < -0.4 is 5.32 Å². The van der Waals surface area contributed by atoms with Crippen molar-refractivity contribution < 1.29 is 9.59 Å². The lowest BCUT2D eigenvalue weighted by molar-refractivity contribution is -0.135. The second kappa shape index (κ2) is 10.1. The fourth-order valence-electron chi connectivity index (χ4n) is 4.02. The number of hydrogen-bond donors (Lipinski definition) is 1. The molecule has 2 heterocycles. The summed E-state index contributed by atoms with van der Waals surface area (Å²) in [4.78, 5) is 28.8. The van der Waals surface area contributed by atoms with Crippen LogP contribution in [-0.4, -0.2) is 23.3 Å². The zero-order valence-corrected chi connectivity index (χ0v) is 20.1. The molecule has 0 bridgehead atoms. The Balaban J connectivity index is 1.41. The molecule has 1 aliphatic rings. The molecular formula is C25H24Cl2N2O2S. The topological polar surface area (TPSA) is 49.4 Å². The van der Waals surface area contributed by atoms with Crippen LogP contribution in [0.1, 0.15) is 46.0 Å². The first kappa shape index (κ1) is 22.8. The lowest BCUT2D eigenvalue weighted by atomic mass is 9.92. The minimum atomic E-state index is -0.186. The van der Waals surface area contributed by atoms with E-state index < -0.39 is 0 Å². The number of carbonyl (C=O) groups is 2. The van der Waals surface area contributed by atoms with Crippen molar-refractivity contribution in [2.75, 3.05) is 6.54 Å². The van der Waals surface area contributed by atoms with Crippen molar-refractivity contribution in [2.45, 2.75) is 38.8 Å². The van der Waals surface area contributed by atoms with Crippen LogP contribution in [0.15, 0.2) is 53.9 Å². The Labute approximate surface area is 202 Å². The summed E-state index contributed by atoms with van der Waals surface area (Å²) in [5, 5.41) is 5.82. The van der Waals surface area contributed by atoms with Crippen LogP contribution in [0.25, 0.3) is 0 Å². The van der Waals surface area contributed by atoms with Gasteiger partial charge in [0.1, 0.15) is 0 Å². The number of benzene rings is 2. The Morgan fingerprint density at radius 2 is 1.88 bits per heavy atom. The molecular weight excluding hydrogens is 463 g/mol. The summed E-state index contributed by atoms with van der Waals surface area (Å²) < 4.78 is 0. The Hall–Kier alpha value is -2.34. The molecule has 0 fully saturated rings. The lowest BCUT2D eigenvalue weighted by Crippen LogP contribution is -2.40. The van der Waals surface area contributed by atoms with Crippen LogP contribution in [-0.2, 0) is 22.6 Å². The second-order valence-corrected chi connectivity index (χ2v) is 9.72. The van der Waals surface area contributed by atoms with E-state index >= 15 is 0 Å². The predicted molar refractivity (Wildman–Crippen MR) is 130 cm³/mol. The third-order valence-corrected chi connectivity index (χ3v) is 7.61. The maximum absolute atomic E-state index is 13.2. The van der Waals surface area contributed by atoms with Crippen molar-refractivity contribution in [3.8, 4) is 0 Å². The molecule has 0 saturated carbocycles. The van der Waals surface area contributed by atoms with E-state index in [4.69, 9.17) is 23.2 Å². The number of fused-ring (bicyclic) bond motifs is 1. The summed E-state index contributed by atoms with van der Waals surface area (Å²) in [6.45, 7) is 2.99. The number of thiophene rings is 1. The van der Waals surface area contributed by atoms with E-state index in [1.165, 1.54) is 16.0 Å². The van der Waals surface area contributed by atoms with Gasteiger partial charge < -0.3 is 10.2 Å². The summed E-state index contributed by atoms with van der Waals surface area (Å²) in [5.74, 6) is -0.196. The van der Waals surface area contributed by atoms with Gasteiger partial charge in [0.05, 0.1) is 16.1 Å². The van der Waals surface area contributed by atoms with Crippen LogP contribution in [0.3, 0.4) is 0 Å². The summed E-state index contributed by atoms with van der Waals surface area (Å²) >= 11 is 13.9. The minimum Gasteiger partial charge on any atom is -0.352 e. The predicted octanol–water partition coefficient (Wildman–Crippen LogP) is 5.93. The number of aryl methyl sites for hydroxylation is 1. The largest absolute Gasteiger partial charge is 0.352 e. The molecule has 1 atom stereocenters. The summed E-state index contributed by atoms with van der Waals surface area (Å²) in [7, 11) is 0. The molecule has 0 aliphatic carbocycles. The lowest BCUT2D eigenvalue weighted by Gasteiger charge is -2.36. The highest BCUT2D eigenvalue weighted by Crippen LogP contribution is 2.38. The third-order valence-electron chi connectivity index (χ3n) is 5.75. The van der Waals surface area contributed by atoms with Crippen molar-refractivity contribution in [1.82, 2.24) is 10.2 Å². The smallest absolute Gasteiger partial charge is 0.223 e. The van der Waals surface area contributed by atoms with Crippen LogP contribution in [0, 0.1) is 6.92 Å². The Kier molecular flexibility index (Phi) is 7.19. The van der Waals surface area contributed by atoms with Gasteiger partial charge in [0.25, 0.3) is 0 Å². The van der Waals surface area contributed by atoms with E-state index in [1.807, 2.05) is 11.0 Å². The first-order valence-electron chi connectivity index (χ1n) is 10.6. The van der Waals surface area contributed by atoms with Gasteiger partial charge in [-0.25, -0.2) is 0 Å². The van der Waals surface area contributed by atoms with E-state index in [-0.39, 0.29) is 37.2 Å². The highest BCUT2D eigenvalue weighted by molar-refractivity contribution is 7.10. The highest BCUT2D eigenvalue weighted by Gasteiger charge is 2.32. The number of nitrogens with one attached hydrogen (secondary N) is 1. The first-order valence-corrected chi connectivity index (χ1v) is 12.2. The fraction of sp³-hybridized carbons (Fsp3) is 0.280. The molecule has 2 amide bonds. The molecule has 3 aromatic rings. The van der Waals surface area contributed by atoms with Crippen molar-refractivity contribution in [1.29, 1.82) is 0 Å². The number of hydrogen-bond acceptors (Lipinski definition) is 3. The normalized spacial score (nSPS) is 15.3. The van der Waals surface area contributed by atoms with E-state index in [2.05, 4.69) is 48.0 Å². The second-order valence-electron chi connectivity index (χ2n) is 7.94. The number of rotatable bonds is 6. The van der Waals surface area contributed by atoms with Crippen molar-refractivity contribution in [3.63, 3.8) is 0 Å². The molecule has 2 aromatic carbocycles. The molecule has 1 N–H and O–H groups in total. The maximum Gasteiger partial charge on any atom is 0.223 e. The highest BCUT2D eigenvalue weighted by atomic mass is 35.5. The minimum absolute atomic E-state index is 0.0108. The Morgan fingerprint density at radius 1 is 1.09 bits per heavy atom. The number of carbonyl (C=O) groups excluding carboxylic acids is 2. The monoisotopic (exact) mass is 486 g/mol. The van der Waals surface area contributed by atoms with Gasteiger partial charge in [-0.1, -0.05) is 65.2 Å². The average molecular weight is 487 g/mol. The molecule has 1 unspecified atom stereocenters. The molecule has 166 valence electrons. The van der Waals surface area contributed by atoms with Crippen molar-refractivity contribution >= 4 is 46.4 Å². The van der Waals surface area contributed by atoms with Crippen LogP contribution in [0.2, 0.25) is 10.0 Å². The van der Waals surface area contributed by atoms with Gasteiger partial charge in [0.2, 0.25) is 11.8 Å². The zero-order valence-electron chi connectivity index (χ0n) is 17.7. The average Bonchev–Trinajstić information content (AvgIpc) is 3.27. The molecule has 1 aliphatic heterocycles. The van der Waals surface area contributed by atoms with Crippen LogP contribution in [0.5, 0.6) is 0 Å². The fourth-order valence-corrected chi connectivity index (χ4v) is 5.32. The van der Waals surface area contributed by atoms with E-state index in [0.29, 0.717) is 16.6 Å². The van der Waals surface area contributed by atoms with Gasteiger partial charge in [-0.3, -0.25) is 9.59 Å². The van der Waals surface area contributed by atoms with Gasteiger partial charge in [0.15, 0.2) is 0 Å². The van der Waals surface area contributed by atoms with E-state index in [1.54, 1.807) is 23.5 Å². The number of nitrogens with zero attached hydrogens (tertiary/aromatic N) is 1. The van der Waals surface area contributed by atoms with Gasteiger partial charge in [-0.2, -0.15) is 0 Å². The third kappa shape index (κ3) is 5.01. The standard InChI is InChI=1S/C25H24Cl2N2O2S/c1-16-5-7-17(8-6-16)25-19-12-14-32-21(19)11-13-29(25)23(31)10-9-22(30)28-15-18-3-2-4-20(26)24(18)27/h2-8,12,14,25H,9-11,13,15H2,1H3,(H,28,30). The maximum atomic E-state index is 13.2. The van der Waals surface area contributed by atoms with Gasteiger partial charge >= 0.3 is 0 Å². The molecule has 0 radical (unpaired) electrons. The van der Waals surface area contributed by atoms with Gasteiger partial charge in [-0.15, -0.1) is 11.3 Å². The SMILES string of the molecule is Cc1ccc(C2c3ccsc3CCN2C(=O)CCC(=O)NCc2cccc(Cl)c2Cl)cc1. The summed E-state index contributed by atoms with van der Waals surface area (Å²) in [6, 6.07) is 15.7. The van der Waals surface area contributed by atoms with E-state index in [9.17, 15) is 9.59 Å². The zero-order chi connectivity index (χ0) is 22.7. The van der Waals surface area contributed by atoms with Gasteiger partial charge in [-0.05, 0) is 47.5 Å². The number of halogens is 2. The first-order chi connectivity index (χ1) is 15.4. The Bertz CT molecular complexity index is 1130. The molecule has 32 heavy (non-hydrogen) atoms. The van der Waals surface area contributed by atoms with Crippen LogP contribution in [0.4, 0.5) is 0 Å². The van der Waals surface area contributed by atoms with Crippen LogP contribution >= 0.6 is 34.5 Å². The van der Waals surface area contributed by atoms with Crippen molar-refractivity contribution in [3.05, 3.63) is 91.1 Å².